The van der Waals surface area contributed by atoms with Gasteiger partial charge in [0.1, 0.15) is 17.3 Å². The molecule has 0 spiro atoms. The van der Waals surface area contributed by atoms with Gasteiger partial charge in [0, 0.05) is 13.3 Å². The predicted molar refractivity (Wildman–Crippen MR) is 145 cm³/mol. The van der Waals surface area contributed by atoms with E-state index in [0.717, 1.165) is 55.9 Å². The first kappa shape index (κ1) is 30.7. The molecular weight excluding hydrogens is 492 g/mol. The second kappa shape index (κ2) is 15.0. The molecule has 37 heavy (non-hydrogen) atoms. The first-order chi connectivity index (χ1) is 17.6. The number of aromatic hydroxyl groups is 1. The van der Waals surface area contributed by atoms with Gasteiger partial charge < -0.3 is 20.5 Å². The van der Waals surface area contributed by atoms with Crippen molar-refractivity contribution in [3.8, 4) is 5.75 Å². The molecule has 8 nitrogen and oxygen atoms in total. The number of ether oxygens (including phenoxy) is 1. The Kier molecular flexibility index (Phi) is 12.4. The highest BCUT2D eigenvalue weighted by molar-refractivity contribution is 8.14. The Morgan fingerprint density at radius 1 is 1.05 bits per heavy atom. The predicted octanol–water partition coefficient (Wildman–Crippen LogP) is 4.28. The molecule has 0 saturated heterocycles. The van der Waals surface area contributed by atoms with Crippen molar-refractivity contribution < 1.29 is 29.0 Å². The van der Waals surface area contributed by atoms with E-state index in [2.05, 4.69) is 17.6 Å². The van der Waals surface area contributed by atoms with Gasteiger partial charge in [-0.1, -0.05) is 76.8 Å². The molecule has 206 valence electrons. The normalized spacial score (nSPS) is 16.1. The van der Waals surface area contributed by atoms with Crippen molar-refractivity contribution in [3.63, 3.8) is 0 Å². The summed E-state index contributed by atoms with van der Waals surface area (Å²) in [5.41, 5.74) is -0.385. The molecule has 1 aliphatic carbocycles. The van der Waals surface area contributed by atoms with E-state index in [1.807, 2.05) is 13.8 Å². The number of nitrogens with one attached hydrogen (secondary N) is 2. The van der Waals surface area contributed by atoms with Crippen LogP contribution in [-0.4, -0.2) is 51.4 Å². The van der Waals surface area contributed by atoms with Gasteiger partial charge in [-0.3, -0.25) is 14.4 Å². The molecule has 2 rings (SSSR count). The number of amides is 2. The Balaban J connectivity index is 2.19. The zero-order chi connectivity index (χ0) is 27.4. The fraction of sp³-hybridized carbons (Fsp3) is 0.643. The summed E-state index contributed by atoms with van der Waals surface area (Å²) in [5.74, 6) is -1.27. The van der Waals surface area contributed by atoms with Crippen LogP contribution in [0.25, 0.3) is 0 Å². The molecule has 3 N–H and O–H groups in total. The highest BCUT2D eigenvalue weighted by atomic mass is 32.2. The van der Waals surface area contributed by atoms with Gasteiger partial charge in [0.25, 0.3) is 0 Å². The summed E-state index contributed by atoms with van der Waals surface area (Å²) < 4.78 is 5.51. The minimum atomic E-state index is -1.14. The maximum Gasteiger partial charge on any atom is 0.328 e. The number of benzene rings is 1. The van der Waals surface area contributed by atoms with Crippen molar-refractivity contribution in [1.29, 1.82) is 0 Å². The van der Waals surface area contributed by atoms with Gasteiger partial charge in [-0.15, -0.1) is 0 Å². The lowest BCUT2D eigenvalue weighted by Gasteiger charge is -2.33. The maximum atomic E-state index is 13.6. The molecule has 2 amide bonds. The van der Waals surface area contributed by atoms with E-state index in [1.165, 1.54) is 19.1 Å². The third-order valence-corrected chi connectivity index (χ3v) is 7.96. The van der Waals surface area contributed by atoms with Crippen LogP contribution in [0.4, 0.5) is 0 Å². The number of esters is 1. The minimum absolute atomic E-state index is 0.0969. The van der Waals surface area contributed by atoms with Gasteiger partial charge in [0.05, 0.1) is 11.9 Å². The molecule has 9 heteroatoms. The van der Waals surface area contributed by atoms with E-state index < -0.39 is 28.7 Å². The number of phenols is 1. The first-order valence-electron chi connectivity index (χ1n) is 13.3. The smallest absolute Gasteiger partial charge is 0.328 e. The lowest BCUT2D eigenvalue weighted by atomic mass is 9.94. The highest BCUT2D eigenvalue weighted by Gasteiger charge is 2.45. The van der Waals surface area contributed by atoms with Gasteiger partial charge in [-0.05, 0) is 42.9 Å². The van der Waals surface area contributed by atoms with Crippen molar-refractivity contribution in [1.82, 2.24) is 10.6 Å². The minimum Gasteiger partial charge on any atom is -0.508 e. The summed E-state index contributed by atoms with van der Waals surface area (Å²) in [5, 5.41) is 14.7. The molecule has 0 unspecified atom stereocenters. The molecule has 1 fully saturated rings. The maximum absolute atomic E-state index is 13.6. The Bertz CT molecular complexity index is 912. The van der Waals surface area contributed by atoms with Crippen molar-refractivity contribution in [2.45, 2.75) is 102 Å². The second-order valence-corrected chi connectivity index (χ2v) is 11.5. The molecule has 0 bridgehead atoms. The summed E-state index contributed by atoms with van der Waals surface area (Å²) in [6, 6.07) is 5.51. The van der Waals surface area contributed by atoms with Gasteiger partial charge in [-0.25, -0.2) is 4.79 Å². The third-order valence-electron chi connectivity index (χ3n) is 6.62. The molecule has 2 atom stereocenters. The van der Waals surface area contributed by atoms with Crippen LogP contribution < -0.4 is 10.6 Å². The van der Waals surface area contributed by atoms with E-state index in [-0.39, 0.29) is 35.7 Å². The average Bonchev–Trinajstić information content (AvgIpc) is 3.32. The van der Waals surface area contributed by atoms with Crippen molar-refractivity contribution in [3.05, 3.63) is 29.8 Å². The standard InChI is InChI=1S/C28H42N2O6S/c1-5-6-7-10-17-36-26(34)23(18-21-11-13-22(32)14-12-21)29-27(35)28(15-8-9-16-28)30-25(33)24(19(2)3)37-20(4)31/h11-14,19,23-24,32H,5-10,15-18H2,1-4H3,(H,29,35)(H,30,33)/t23-,24+/m0/s1. The van der Waals surface area contributed by atoms with E-state index in [4.69, 9.17) is 4.74 Å². The number of carbonyl (C=O) groups is 4. The Morgan fingerprint density at radius 3 is 2.27 bits per heavy atom. The molecule has 0 aliphatic heterocycles. The van der Waals surface area contributed by atoms with Crippen LogP contribution >= 0.6 is 11.8 Å². The lowest BCUT2D eigenvalue weighted by molar-refractivity contribution is -0.149. The van der Waals surface area contributed by atoms with Crippen LogP contribution in [0, 0.1) is 5.92 Å². The van der Waals surface area contributed by atoms with E-state index >= 15 is 0 Å². The topological polar surface area (TPSA) is 122 Å². The average molecular weight is 535 g/mol. The summed E-state index contributed by atoms with van der Waals surface area (Å²) in [4.78, 5) is 51.6. The molecule has 1 saturated carbocycles. The molecular formula is C28H42N2O6S. The quantitative estimate of drug-likeness (QED) is 0.241. The summed E-state index contributed by atoms with van der Waals surface area (Å²) >= 11 is 0.969. The van der Waals surface area contributed by atoms with Crippen LogP contribution in [-0.2, 0) is 30.3 Å². The molecule has 1 aliphatic rings. The Hall–Kier alpha value is -2.55. The van der Waals surface area contributed by atoms with Crippen LogP contribution in [0.5, 0.6) is 5.75 Å². The molecule has 1 aromatic rings. The highest BCUT2D eigenvalue weighted by Crippen LogP contribution is 2.32. The number of phenolic OH excluding ortho intramolecular Hbond substituents is 1. The summed E-state index contributed by atoms with van der Waals surface area (Å²) in [6.07, 6.45) is 6.49. The van der Waals surface area contributed by atoms with Crippen LogP contribution in [0.1, 0.15) is 84.6 Å². The third kappa shape index (κ3) is 9.68. The van der Waals surface area contributed by atoms with E-state index in [1.54, 1.807) is 12.1 Å². The lowest BCUT2D eigenvalue weighted by Crippen LogP contribution is -2.61. The van der Waals surface area contributed by atoms with Crippen LogP contribution in [0.2, 0.25) is 0 Å². The molecule has 0 heterocycles. The van der Waals surface area contributed by atoms with Gasteiger partial charge in [0.2, 0.25) is 11.8 Å². The van der Waals surface area contributed by atoms with Crippen molar-refractivity contribution >= 4 is 34.7 Å². The van der Waals surface area contributed by atoms with E-state index in [9.17, 15) is 24.3 Å². The summed E-state index contributed by atoms with van der Waals surface area (Å²) in [6.45, 7) is 7.54. The largest absolute Gasteiger partial charge is 0.508 e. The second-order valence-electron chi connectivity index (χ2n) is 10.2. The van der Waals surface area contributed by atoms with Crippen LogP contribution in [0.15, 0.2) is 24.3 Å². The van der Waals surface area contributed by atoms with Crippen LogP contribution in [0.3, 0.4) is 0 Å². The SMILES string of the molecule is CCCCCCOC(=O)[C@H](Cc1ccc(O)cc1)NC(=O)C1(NC(=O)[C@H](SC(C)=O)C(C)C)CCCC1. The fourth-order valence-electron chi connectivity index (χ4n) is 4.53. The van der Waals surface area contributed by atoms with Crippen molar-refractivity contribution in [2.75, 3.05) is 6.61 Å². The molecule has 1 aromatic carbocycles. The van der Waals surface area contributed by atoms with Gasteiger partial charge >= 0.3 is 5.97 Å². The number of hydrogen-bond donors (Lipinski definition) is 3. The monoisotopic (exact) mass is 534 g/mol. The number of hydrogen-bond acceptors (Lipinski definition) is 7. The van der Waals surface area contributed by atoms with Gasteiger partial charge in [0.15, 0.2) is 5.12 Å². The number of carbonyl (C=O) groups excluding carboxylic acids is 4. The number of rotatable bonds is 14. The number of unbranched alkanes of at least 4 members (excludes halogenated alkanes) is 3. The molecule has 0 radical (unpaired) electrons. The van der Waals surface area contributed by atoms with E-state index in [0.29, 0.717) is 12.8 Å². The zero-order valence-electron chi connectivity index (χ0n) is 22.5. The van der Waals surface area contributed by atoms with Gasteiger partial charge in [-0.2, -0.15) is 0 Å². The van der Waals surface area contributed by atoms with Crippen molar-refractivity contribution in [2.24, 2.45) is 5.92 Å². The first-order valence-corrected chi connectivity index (χ1v) is 14.2. The zero-order valence-corrected chi connectivity index (χ0v) is 23.3. The fourth-order valence-corrected chi connectivity index (χ4v) is 5.32. The Morgan fingerprint density at radius 2 is 1.70 bits per heavy atom. The molecule has 0 aromatic heterocycles. The number of thioether (sulfide) groups is 1. The Labute approximate surface area is 224 Å². The summed E-state index contributed by atoms with van der Waals surface area (Å²) in [7, 11) is 0.